The van der Waals surface area contributed by atoms with E-state index >= 15 is 0 Å². The number of aromatic nitrogens is 7. The Kier molecular flexibility index (Phi) is 5.52. The molecule has 1 fully saturated rings. The molecule has 1 atom stereocenters. The molecular formula is C24H22N10O2. The summed E-state index contributed by atoms with van der Waals surface area (Å²) in [6, 6.07) is 7.60. The second-order valence-corrected chi connectivity index (χ2v) is 8.54. The highest BCUT2D eigenvalue weighted by Crippen LogP contribution is 2.23. The number of benzene rings is 1. The van der Waals surface area contributed by atoms with E-state index in [4.69, 9.17) is 4.99 Å². The molecule has 2 aliphatic rings. The SMILES string of the molecule is O=C(c1cnc[nH]1)N1CCN(C(=O)C2C=CCC(=Nc3nc4ccccc4n4nnnc34)C=C2)CC1. The highest BCUT2D eigenvalue weighted by atomic mass is 16.2. The number of H-pyrrole nitrogens is 1. The number of aromatic amines is 1. The molecule has 0 saturated carbocycles. The quantitative estimate of drug-likeness (QED) is 0.438. The van der Waals surface area contributed by atoms with Crippen molar-refractivity contribution in [3.8, 4) is 0 Å². The van der Waals surface area contributed by atoms with E-state index < -0.39 is 5.92 Å². The molecule has 1 aliphatic heterocycles. The third kappa shape index (κ3) is 4.02. The molecule has 180 valence electrons. The smallest absolute Gasteiger partial charge is 0.272 e. The Labute approximate surface area is 205 Å². The molecule has 6 rings (SSSR count). The summed E-state index contributed by atoms with van der Waals surface area (Å²) >= 11 is 0. The summed E-state index contributed by atoms with van der Waals surface area (Å²) < 4.78 is 1.63. The minimum absolute atomic E-state index is 0.00488. The van der Waals surface area contributed by atoms with Gasteiger partial charge in [0.1, 0.15) is 5.69 Å². The molecule has 12 heteroatoms. The molecule has 1 saturated heterocycles. The van der Waals surface area contributed by atoms with E-state index in [1.807, 2.05) is 48.6 Å². The van der Waals surface area contributed by atoms with E-state index in [1.165, 1.54) is 12.5 Å². The first-order valence-corrected chi connectivity index (χ1v) is 11.6. The number of hydrogen-bond acceptors (Lipinski definition) is 8. The molecule has 4 aromatic rings. The number of carbonyl (C=O) groups excluding carboxylic acids is 2. The predicted octanol–water partition coefficient (Wildman–Crippen LogP) is 1.58. The Bertz CT molecular complexity index is 1530. The second kappa shape index (κ2) is 9.13. The fourth-order valence-electron chi connectivity index (χ4n) is 4.42. The summed E-state index contributed by atoms with van der Waals surface area (Å²) in [6.45, 7) is 1.92. The fourth-order valence-corrected chi connectivity index (χ4v) is 4.42. The van der Waals surface area contributed by atoms with Crippen LogP contribution >= 0.6 is 0 Å². The van der Waals surface area contributed by atoms with Gasteiger partial charge in [-0.25, -0.2) is 15.0 Å². The van der Waals surface area contributed by atoms with Crippen LogP contribution < -0.4 is 0 Å². The van der Waals surface area contributed by atoms with Crippen molar-refractivity contribution in [2.24, 2.45) is 10.9 Å². The lowest BCUT2D eigenvalue weighted by Gasteiger charge is -2.35. The molecule has 0 spiro atoms. The van der Waals surface area contributed by atoms with Gasteiger partial charge in [-0.2, -0.15) is 4.52 Å². The fraction of sp³-hybridized carbons (Fsp3) is 0.250. The van der Waals surface area contributed by atoms with Gasteiger partial charge in [0.15, 0.2) is 0 Å². The zero-order chi connectivity index (χ0) is 24.5. The van der Waals surface area contributed by atoms with Crippen LogP contribution in [0, 0.1) is 5.92 Å². The maximum atomic E-state index is 13.2. The summed E-state index contributed by atoms with van der Waals surface area (Å²) in [7, 11) is 0. The molecule has 1 aromatic carbocycles. The average Bonchev–Trinajstić information content (AvgIpc) is 3.58. The van der Waals surface area contributed by atoms with Gasteiger partial charge in [-0.15, -0.1) is 5.10 Å². The normalized spacial score (nSPS) is 19.3. The maximum Gasteiger partial charge on any atom is 0.272 e. The molecule has 1 aliphatic carbocycles. The van der Waals surface area contributed by atoms with Crippen molar-refractivity contribution in [3.63, 3.8) is 0 Å². The molecule has 1 N–H and O–H groups in total. The van der Waals surface area contributed by atoms with Crippen LogP contribution in [0.15, 0.2) is 66.1 Å². The number of tetrazole rings is 1. The van der Waals surface area contributed by atoms with Crippen LogP contribution in [-0.4, -0.2) is 88.5 Å². The first kappa shape index (κ1) is 21.8. The van der Waals surface area contributed by atoms with E-state index in [9.17, 15) is 9.59 Å². The van der Waals surface area contributed by atoms with E-state index in [0.29, 0.717) is 49.8 Å². The largest absolute Gasteiger partial charge is 0.341 e. The second-order valence-electron chi connectivity index (χ2n) is 8.54. The van der Waals surface area contributed by atoms with Gasteiger partial charge in [-0.05, 0) is 28.6 Å². The summed E-state index contributed by atoms with van der Waals surface area (Å²) in [5.41, 5.74) is 3.22. The number of carbonyl (C=O) groups is 2. The Balaban J connectivity index is 1.17. The monoisotopic (exact) mass is 482 g/mol. The number of hydrogen-bond donors (Lipinski definition) is 1. The van der Waals surface area contributed by atoms with Gasteiger partial charge in [0.05, 0.1) is 29.5 Å². The molecule has 2 amide bonds. The lowest BCUT2D eigenvalue weighted by molar-refractivity contribution is -0.134. The van der Waals surface area contributed by atoms with Crippen LogP contribution in [0.5, 0.6) is 0 Å². The lowest BCUT2D eigenvalue weighted by Crippen LogP contribution is -2.51. The first-order chi connectivity index (χ1) is 17.7. The minimum Gasteiger partial charge on any atom is -0.341 e. The number of nitrogens with one attached hydrogen (secondary N) is 1. The van der Waals surface area contributed by atoms with Crippen molar-refractivity contribution in [1.29, 1.82) is 0 Å². The van der Waals surface area contributed by atoms with Gasteiger partial charge >= 0.3 is 0 Å². The topological polar surface area (TPSA) is 138 Å². The van der Waals surface area contributed by atoms with Crippen molar-refractivity contribution in [1.82, 2.24) is 44.8 Å². The van der Waals surface area contributed by atoms with E-state index in [2.05, 4.69) is 30.5 Å². The standard InChI is InChI=1S/C24H22N10O2/c35-23(32-10-12-33(13-11-32)24(36)19-14-25-15-26-19)16-4-3-5-17(9-8-16)27-21-22-29-30-31-34(22)20-7-2-1-6-18(20)28-21/h1-4,6-9,14-16H,5,10-13H2,(H,25,26). The van der Waals surface area contributed by atoms with Crippen LogP contribution in [0.4, 0.5) is 5.82 Å². The molecule has 3 aromatic heterocycles. The highest BCUT2D eigenvalue weighted by molar-refractivity contribution is 6.00. The molecule has 12 nitrogen and oxygen atoms in total. The van der Waals surface area contributed by atoms with Crippen molar-refractivity contribution in [3.05, 3.63) is 66.8 Å². The van der Waals surface area contributed by atoms with Crippen LogP contribution in [0.3, 0.4) is 0 Å². The number of piperazine rings is 1. The Morgan fingerprint density at radius 2 is 1.89 bits per heavy atom. The minimum atomic E-state index is -0.396. The Morgan fingerprint density at radius 1 is 1.06 bits per heavy atom. The van der Waals surface area contributed by atoms with E-state index in [0.717, 1.165) is 16.7 Å². The molecule has 0 bridgehead atoms. The number of allylic oxidation sites excluding steroid dienone is 2. The van der Waals surface area contributed by atoms with Crippen LogP contribution in [0.1, 0.15) is 16.9 Å². The van der Waals surface area contributed by atoms with Crippen LogP contribution in [0.25, 0.3) is 16.7 Å². The van der Waals surface area contributed by atoms with E-state index in [1.54, 1.807) is 14.3 Å². The number of amides is 2. The lowest BCUT2D eigenvalue weighted by atomic mass is 10.1. The molecule has 4 heterocycles. The molecular weight excluding hydrogens is 460 g/mol. The van der Waals surface area contributed by atoms with Crippen LogP contribution in [-0.2, 0) is 4.79 Å². The summed E-state index contributed by atoms with van der Waals surface area (Å²) in [6.07, 6.45) is 11.1. The van der Waals surface area contributed by atoms with Crippen molar-refractivity contribution < 1.29 is 9.59 Å². The zero-order valence-corrected chi connectivity index (χ0v) is 19.2. The highest BCUT2D eigenvalue weighted by Gasteiger charge is 2.28. The summed E-state index contributed by atoms with van der Waals surface area (Å²) in [4.78, 5) is 45.3. The van der Waals surface area contributed by atoms with Crippen molar-refractivity contribution in [2.75, 3.05) is 26.2 Å². The van der Waals surface area contributed by atoms with Gasteiger partial charge in [0, 0.05) is 38.3 Å². The third-order valence-corrected chi connectivity index (χ3v) is 6.31. The van der Waals surface area contributed by atoms with E-state index in [-0.39, 0.29) is 11.8 Å². The number of para-hydroxylation sites is 2. The molecule has 36 heavy (non-hydrogen) atoms. The number of rotatable bonds is 3. The average molecular weight is 483 g/mol. The zero-order valence-electron chi connectivity index (χ0n) is 19.2. The summed E-state index contributed by atoms with van der Waals surface area (Å²) in [5.74, 6) is -0.0688. The number of nitrogens with zero attached hydrogens (tertiary/aromatic N) is 9. The van der Waals surface area contributed by atoms with Gasteiger partial charge in [-0.1, -0.05) is 30.4 Å². The Hall–Kier alpha value is -4.74. The van der Waals surface area contributed by atoms with Crippen LogP contribution in [0.2, 0.25) is 0 Å². The van der Waals surface area contributed by atoms with Crippen molar-refractivity contribution in [2.45, 2.75) is 6.42 Å². The third-order valence-electron chi connectivity index (χ3n) is 6.31. The number of fused-ring (bicyclic) bond motifs is 3. The molecule has 0 radical (unpaired) electrons. The predicted molar refractivity (Wildman–Crippen MR) is 131 cm³/mol. The van der Waals surface area contributed by atoms with Crippen molar-refractivity contribution >= 4 is 40.0 Å². The van der Waals surface area contributed by atoms with Gasteiger partial charge < -0.3 is 14.8 Å². The molecule has 1 unspecified atom stereocenters. The van der Waals surface area contributed by atoms with Gasteiger partial charge in [0.25, 0.3) is 5.91 Å². The summed E-state index contributed by atoms with van der Waals surface area (Å²) in [5, 5.41) is 11.9. The van der Waals surface area contributed by atoms with Gasteiger partial charge in [0.2, 0.25) is 17.4 Å². The van der Waals surface area contributed by atoms with Gasteiger partial charge in [-0.3, -0.25) is 9.59 Å². The first-order valence-electron chi connectivity index (χ1n) is 11.6. The maximum absolute atomic E-state index is 13.2. The Morgan fingerprint density at radius 3 is 2.72 bits per heavy atom. The number of aliphatic imine (C=N–C) groups is 1. The number of imidazole rings is 1.